The number of aromatic amines is 1. The first-order valence-electron chi connectivity index (χ1n) is 11.4. The van der Waals surface area contributed by atoms with Gasteiger partial charge in [-0.25, -0.2) is 9.97 Å². The Bertz CT molecular complexity index is 1240. The van der Waals surface area contributed by atoms with Crippen LogP contribution < -0.4 is 20.5 Å². The Hall–Kier alpha value is -3.46. The summed E-state index contributed by atoms with van der Waals surface area (Å²) in [4.78, 5) is 40.6. The smallest absolute Gasteiger partial charge is 0.270 e. The number of aryl methyl sites for hydroxylation is 1. The van der Waals surface area contributed by atoms with Crippen LogP contribution in [0.1, 0.15) is 35.1 Å². The lowest BCUT2D eigenvalue weighted by atomic mass is 10.0. The Morgan fingerprint density at radius 2 is 2.18 bits per heavy atom. The van der Waals surface area contributed by atoms with Crippen LogP contribution in [0.3, 0.4) is 0 Å². The van der Waals surface area contributed by atoms with Gasteiger partial charge in [0.15, 0.2) is 0 Å². The number of rotatable bonds is 3. The minimum absolute atomic E-state index is 0.126. The largest absolute Gasteiger partial charge is 0.493 e. The molecule has 3 aromatic rings. The Balaban J connectivity index is 1.36. The van der Waals surface area contributed by atoms with Crippen molar-refractivity contribution in [3.05, 3.63) is 57.8 Å². The van der Waals surface area contributed by atoms with Crippen molar-refractivity contribution in [2.75, 3.05) is 38.2 Å². The van der Waals surface area contributed by atoms with Crippen molar-refractivity contribution in [2.24, 2.45) is 0 Å². The van der Waals surface area contributed by atoms with Crippen molar-refractivity contribution in [3.63, 3.8) is 0 Å². The van der Waals surface area contributed by atoms with Gasteiger partial charge in [0.2, 0.25) is 0 Å². The molecule has 0 radical (unpaired) electrons. The monoisotopic (exact) mass is 448 g/mol. The molecule has 1 atom stereocenters. The Labute approximate surface area is 191 Å². The topological polar surface area (TPSA) is 103 Å². The molecule has 0 spiro atoms. The first kappa shape index (κ1) is 21.4. The minimum atomic E-state index is -0.183. The van der Waals surface area contributed by atoms with Crippen molar-refractivity contribution in [2.45, 2.75) is 32.4 Å². The van der Waals surface area contributed by atoms with Gasteiger partial charge in [-0.1, -0.05) is 6.92 Å². The van der Waals surface area contributed by atoms with Gasteiger partial charge >= 0.3 is 0 Å². The second-order valence-electron chi connectivity index (χ2n) is 8.53. The van der Waals surface area contributed by atoms with Crippen LogP contribution in [-0.4, -0.2) is 65.1 Å². The molecule has 2 aliphatic heterocycles. The summed E-state index contributed by atoms with van der Waals surface area (Å²) in [5.74, 6) is 0.663. The number of piperazine rings is 1. The molecule has 5 rings (SSSR count). The van der Waals surface area contributed by atoms with Gasteiger partial charge in [-0.15, -0.1) is 0 Å². The maximum absolute atomic E-state index is 12.2. The van der Waals surface area contributed by atoms with Gasteiger partial charge < -0.3 is 19.9 Å². The van der Waals surface area contributed by atoms with E-state index in [4.69, 9.17) is 4.74 Å². The number of H-pyrrole nitrogens is 1. The fourth-order valence-electron chi connectivity index (χ4n) is 4.66. The summed E-state index contributed by atoms with van der Waals surface area (Å²) in [7, 11) is 1.60. The third kappa shape index (κ3) is 4.16. The number of benzene rings is 1. The summed E-state index contributed by atoms with van der Waals surface area (Å²) in [5.41, 5.74) is 4.44. The molecule has 9 heteroatoms. The van der Waals surface area contributed by atoms with E-state index in [-0.39, 0.29) is 11.5 Å². The van der Waals surface area contributed by atoms with E-state index < -0.39 is 0 Å². The van der Waals surface area contributed by atoms with E-state index >= 15 is 0 Å². The maximum atomic E-state index is 12.2. The molecule has 0 saturated carbocycles. The minimum Gasteiger partial charge on any atom is -0.493 e. The summed E-state index contributed by atoms with van der Waals surface area (Å²) in [5, 5.41) is 2.60. The van der Waals surface area contributed by atoms with Gasteiger partial charge in [-0.2, -0.15) is 0 Å². The van der Waals surface area contributed by atoms with E-state index in [1.807, 2.05) is 25.1 Å². The predicted molar refractivity (Wildman–Crippen MR) is 126 cm³/mol. The first-order chi connectivity index (χ1) is 16.1. The van der Waals surface area contributed by atoms with Crippen LogP contribution in [-0.2, 0) is 13.0 Å². The second-order valence-corrected chi connectivity index (χ2v) is 8.53. The first-order valence-corrected chi connectivity index (χ1v) is 11.4. The van der Waals surface area contributed by atoms with Gasteiger partial charge in [-0.3, -0.25) is 14.5 Å². The Morgan fingerprint density at radius 3 is 2.94 bits per heavy atom. The molecule has 33 heavy (non-hydrogen) atoms. The molecule has 1 fully saturated rings. The van der Waals surface area contributed by atoms with Crippen LogP contribution in [0.4, 0.5) is 5.69 Å². The number of aromatic nitrogens is 3. The van der Waals surface area contributed by atoms with Crippen molar-refractivity contribution in [3.8, 4) is 5.75 Å². The number of hydrogen-bond donors (Lipinski definition) is 2. The Kier molecular flexibility index (Phi) is 5.72. The lowest BCUT2D eigenvalue weighted by Crippen LogP contribution is -2.53. The number of amides is 1. The average molecular weight is 449 g/mol. The number of nitrogens with one attached hydrogen (secondary N) is 2. The quantitative estimate of drug-likeness (QED) is 0.629. The van der Waals surface area contributed by atoms with E-state index in [1.54, 1.807) is 19.3 Å². The number of carbonyl (C=O) groups excluding carboxylic acids is 1. The highest BCUT2D eigenvalue weighted by atomic mass is 16.5. The van der Waals surface area contributed by atoms with Crippen molar-refractivity contribution >= 4 is 22.6 Å². The summed E-state index contributed by atoms with van der Waals surface area (Å²) < 4.78 is 6.15. The third-order valence-corrected chi connectivity index (χ3v) is 6.54. The lowest BCUT2D eigenvalue weighted by Gasteiger charge is -2.43. The van der Waals surface area contributed by atoms with Crippen molar-refractivity contribution in [1.82, 2.24) is 25.2 Å². The summed E-state index contributed by atoms with van der Waals surface area (Å²) in [6.45, 7) is 5.95. The van der Waals surface area contributed by atoms with E-state index in [1.165, 1.54) is 0 Å². The van der Waals surface area contributed by atoms with Crippen LogP contribution in [0, 0.1) is 0 Å². The van der Waals surface area contributed by atoms with E-state index in [2.05, 4.69) is 30.1 Å². The molecule has 9 nitrogen and oxygen atoms in total. The molecule has 172 valence electrons. The second kappa shape index (κ2) is 8.82. The maximum Gasteiger partial charge on any atom is 0.270 e. The number of carbonyl (C=O) groups is 1. The lowest BCUT2D eigenvalue weighted by molar-refractivity contribution is 0.0958. The van der Waals surface area contributed by atoms with Gasteiger partial charge in [-0.05, 0) is 31.0 Å². The molecule has 2 aromatic heterocycles. The van der Waals surface area contributed by atoms with Crippen LogP contribution in [0.2, 0.25) is 0 Å². The highest BCUT2D eigenvalue weighted by Gasteiger charge is 2.30. The summed E-state index contributed by atoms with van der Waals surface area (Å²) in [6, 6.07) is 8.02. The fourth-order valence-corrected chi connectivity index (χ4v) is 4.66. The third-order valence-electron chi connectivity index (χ3n) is 6.54. The molecule has 0 unspecified atom stereocenters. The number of pyridine rings is 1. The highest BCUT2D eigenvalue weighted by molar-refractivity contribution is 5.92. The molecule has 0 aliphatic carbocycles. The predicted octanol–water partition coefficient (Wildman–Crippen LogP) is 1.71. The number of nitrogens with zero attached hydrogens (tertiary/aromatic N) is 4. The van der Waals surface area contributed by atoms with E-state index in [9.17, 15) is 9.59 Å². The molecule has 2 aliphatic rings. The van der Waals surface area contributed by atoms with E-state index in [0.29, 0.717) is 30.5 Å². The van der Waals surface area contributed by atoms with Crippen LogP contribution >= 0.6 is 0 Å². The number of ether oxygens (including phenoxy) is 1. The molecular weight excluding hydrogens is 420 g/mol. The average Bonchev–Trinajstić information content (AvgIpc) is 2.83. The van der Waals surface area contributed by atoms with Gasteiger partial charge in [0, 0.05) is 50.9 Å². The van der Waals surface area contributed by atoms with Gasteiger partial charge in [0.05, 0.1) is 29.5 Å². The molecule has 1 saturated heterocycles. The highest BCUT2D eigenvalue weighted by Crippen LogP contribution is 2.30. The van der Waals surface area contributed by atoms with Crippen LogP contribution in [0.5, 0.6) is 5.75 Å². The zero-order chi connectivity index (χ0) is 22.9. The summed E-state index contributed by atoms with van der Waals surface area (Å²) in [6.07, 6.45) is 3.28. The van der Waals surface area contributed by atoms with Crippen molar-refractivity contribution in [1.29, 1.82) is 0 Å². The standard InChI is InChI=1S/C24H28N6O3/c1-3-18-24(32)28-20-10-15-13-29-7-8-30(16-4-5-19(26-12-16)23(31)25-2)14-17(29)6-9-33-22(15)11-21(20)27-18/h4-5,10-12,17H,3,6-9,13-14H2,1-2H3,(H,25,31)(H,28,32)/t17-/m1/s1. The van der Waals surface area contributed by atoms with Crippen LogP contribution in [0.15, 0.2) is 35.3 Å². The SMILES string of the molecule is CCc1nc2cc3c(cc2[nH]c1=O)CN1CCN(c2ccc(C(=O)NC)nc2)C[C@H]1CCO3. The normalized spacial score (nSPS) is 18.6. The fraction of sp³-hybridized carbons (Fsp3) is 0.417. The van der Waals surface area contributed by atoms with Crippen molar-refractivity contribution < 1.29 is 9.53 Å². The molecule has 0 bridgehead atoms. The zero-order valence-corrected chi connectivity index (χ0v) is 18.9. The van der Waals surface area contributed by atoms with Gasteiger partial charge in [0.1, 0.15) is 17.1 Å². The van der Waals surface area contributed by atoms with E-state index in [0.717, 1.165) is 60.6 Å². The summed E-state index contributed by atoms with van der Waals surface area (Å²) >= 11 is 0. The number of anilines is 1. The molecule has 2 N–H and O–H groups in total. The molecular formula is C24H28N6O3. The number of fused-ring (bicyclic) bond motifs is 3. The molecule has 1 amide bonds. The Morgan fingerprint density at radius 1 is 1.30 bits per heavy atom. The van der Waals surface area contributed by atoms with Crippen LogP contribution in [0.25, 0.3) is 11.0 Å². The molecule has 1 aromatic carbocycles. The molecule has 4 heterocycles. The zero-order valence-electron chi connectivity index (χ0n) is 18.9. The van der Waals surface area contributed by atoms with Gasteiger partial charge in [0.25, 0.3) is 11.5 Å². The number of hydrogen-bond acceptors (Lipinski definition) is 7.